The Morgan fingerprint density at radius 3 is 2.54 bits per heavy atom. The van der Waals surface area contributed by atoms with Crippen molar-refractivity contribution in [2.45, 2.75) is 45.2 Å². The summed E-state index contributed by atoms with van der Waals surface area (Å²) in [5.41, 5.74) is 1.05. The third kappa shape index (κ3) is 5.20. The molecular formula is C19H29ClN2O2. The second-order valence-corrected chi connectivity index (χ2v) is 7.08. The van der Waals surface area contributed by atoms with Crippen molar-refractivity contribution in [3.8, 4) is 0 Å². The topological polar surface area (TPSA) is 32.8 Å². The summed E-state index contributed by atoms with van der Waals surface area (Å²) in [5.74, 6) is 0.227. The lowest BCUT2D eigenvalue weighted by Gasteiger charge is -2.44. The van der Waals surface area contributed by atoms with E-state index < -0.39 is 0 Å². The van der Waals surface area contributed by atoms with Gasteiger partial charge in [0.15, 0.2) is 0 Å². The summed E-state index contributed by atoms with van der Waals surface area (Å²) in [6.07, 6.45) is 2.26. The van der Waals surface area contributed by atoms with Crippen LogP contribution in [0.25, 0.3) is 0 Å². The molecule has 4 nitrogen and oxygen atoms in total. The summed E-state index contributed by atoms with van der Waals surface area (Å²) in [7, 11) is 1.74. The van der Waals surface area contributed by atoms with Gasteiger partial charge in [-0.25, -0.2) is 0 Å². The van der Waals surface area contributed by atoms with Crippen LogP contribution in [0.4, 0.5) is 0 Å². The van der Waals surface area contributed by atoms with Crippen LogP contribution >= 0.6 is 11.6 Å². The fraction of sp³-hybridized carbons (Fsp3) is 0.632. The number of rotatable bonds is 7. The highest BCUT2D eigenvalue weighted by molar-refractivity contribution is 6.31. The molecule has 1 aromatic rings. The molecule has 0 radical (unpaired) electrons. The average Bonchev–Trinajstić information content (AvgIpc) is 2.56. The van der Waals surface area contributed by atoms with Gasteiger partial charge < -0.3 is 9.64 Å². The molecule has 24 heavy (non-hydrogen) atoms. The maximum absolute atomic E-state index is 12.6. The Balaban J connectivity index is 1.85. The quantitative estimate of drug-likeness (QED) is 0.706. The number of nitrogens with zero attached hydrogens (tertiary/aromatic N) is 2. The molecule has 0 spiro atoms. The molecule has 1 aromatic carbocycles. The molecule has 1 aliphatic rings. The lowest BCUT2D eigenvalue weighted by Crippen LogP contribution is -2.58. The summed E-state index contributed by atoms with van der Waals surface area (Å²) >= 11 is 6.18. The molecule has 1 aliphatic heterocycles. The van der Waals surface area contributed by atoms with Gasteiger partial charge in [0.25, 0.3) is 0 Å². The molecule has 0 N–H and O–H groups in total. The zero-order valence-corrected chi connectivity index (χ0v) is 15.8. The average molecular weight is 353 g/mol. The minimum Gasteiger partial charge on any atom is -0.385 e. The second-order valence-electron chi connectivity index (χ2n) is 6.67. The van der Waals surface area contributed by atoms with Crippen LogP contribution in [0.3, 0.4) is 0 Å². The van der Waals surface area contributed by atoms with Gasteiger partial charge in [-0.2, -0.15) is 0 Å². The number of amides is 1. The highest BCUT2D eigenvalue weighted by Crippen LogP contribution is 2.20. The molecule has 2 rings (SSSR count). The summed E-state index contributed by atoms with van der Waals surface area (Å²) < 4.78 is 5.14. The number of hydrogen-bond acceptors (Lipinski definition) is 3. The number of aryl methyl sites for hydroxylation is 1. The molecule has 134 valence electrons. The van der Waals surface area contributed by atoms with E-state index in [1.165, 1.54) is 0 Å². The maximum Gasteiger partial charge on any atom is 0.223 e. The Hall–Kier alpha value is -1.10. The van der Waals surface area contributed by atoms with Crippen LogP contribution in [-0.2, 0) is 16.0 Å². The van der Waals surface area contributed by atoms with Crippen molar-refractivity contribution >= 4 is 17.5 Å². The fourth-order valence-corrected chi connectivity index (χ4v) is 3.72. The Labute approximate surface area is 150 Å². The van der Waals surface area contributed by atoms with Crippen molar-refractivity contribution in [3.63, 3.8) is 0 Å². The monoisotopic (exact) mass is 352 g/mol. The summed E-state index contributed by atoms with van der Waals surface area (Å²) in [6, 6.07) is 8.53. The Morgan fingerprint density at radius 1 is 1.25 bits per heavy atom. The number of ether oxygens (including phenoxy) is 1. The van der Waals surface area contributed by atoms with Gasteiger partial charge >= 0.3 is 0 Å². The zero-order chi connectivity index (χ0) is 17.5. The lowest BCUT2D eigenvalue weighted by molar-refractivity contribution is -0.135. The Bertz CT molecular complexity index is 526. The fourth-order valence-electron chi connectivity index (χ4n) is 3.49. The van der Waals surface area contributed by atoms with E-state index >= 15 is 0 Å². The first-order valence-electron chi connectivity index (χ1n) is 8.78. The van der Waals surface area contributed by atoms with Crippen LogP contribution in [0.2, 0.25) is 5.02 Å². The largest absolute Gasteiger partial charge is 0.385 e. The van der Waals surface area contributed by atoms with Crippen molar-refractivity contribution in [2.75, 3.05) is 33.4 Å². The first kappa shape index (κ1) is 19.2. The maximum atomic E-state index is 12.6. The van der Waals surface area contributed by atoms with Crippen molar-refractivity contribution < 1.29 is 9.53 Å². The molecule has 1 heterocycles. The van der Waals surface area contributed by atoms with E-state index in [0.717, 1.165) is 43.2 Å². The minimum absolute atomic E-state index is 0.227. The van der Waals surface area contributed by atoms with Crippen molar-refractivity contribution in [3.05, 3.63) is 34.9 Å². The van der Waals surface area contributed by atoms with Crippen LogP contribution in [-0.4, -0.2) is 61.1 Å². The van der Waals surface area contributed by atoms with E-state index in [1.807, 2.05) is 29.2 Å². The SMILES string of the molecule is COCCCN1C(C)CN(C(=O)CCc2ccccc2Cl)CC1C. The number of piperazine rings is 1. The summed E-state index contributed by atoms with van der Waals surface area (Å²) in [4.78, 5) is 17.1. The number of benzene rings is 1. The van der Waals surface area contributed by atoms with Gasteiger partial charge in [0.1, 0.15) is 0 Å². The summed E-state index contributed by atoms with van der Waals surface area (Å²) in [5, 5.41) is 0.745. The third-order valence-corrected chi connectivity index (χ3v) is 5.15. The molecular weight excluding hydrogens is 324 g/mol. The van der Waals surface area contributed by atoms with Crippen LogP contribution in [0.5, 0.6) is 0 Å². The molecule has 0 saturated carbocycles. The van der Waals surface area contributed by atoms with Crippen LogP contribution in [0.1, 0.15) is 32.3 Å². The van der Waals surface area contributed by atoms with Gasteiger partial charge in [0.05, 0.1) is 0 Å². The van der Waals surface area contributed by atoms with Gasteiger partial charge in [-0.15, -0.1) is 0 Å². The molecule has 0 aliphatic carbocycles. The molecule has 0 bridgehead atoms. The van der Waals surface area contributed by atoms with E-state index in [2.05, 4.69) is 18.7 Å². The minimum atomic E-state index is 0.227. The number of halogens is 1. The normalized spacial score (nSPS) is 21.9. The predicted octanol–water partition coefficient (Wildman–Crippen LogP) is 3.23. The molecule has 1 fully saturated rings. The Morgan fingerprint density at radius 2 is 1.92 bits per heavy atom. The van der Waals surface area contributed by atoms with Gasteiger partial charge in [0, 0.05) is 56.9 Å². The number of methoxy groups -OCH3 is 1. The number of carbonyl (C=O) groups excluding carboxylic acids is 1. The molecule has 2 unspecified atom stereocenters. The standard InChI is InChI=1S/C19H29ClN2O2/c1-15-13-21(14-16(2)22(15)11-6-12-24-3)19(23)10-9-17-7-4-5-8-18(17)20/h4-5,7-8,15-16H,6,9-14H2,1-3H3. The van der Waals surface area contributed by atoms with E-state index in [0.29, 0.717) is 24.9 Å². The van der Waals surface area contributed by atoms with Crippen LogP contribution < -0.4 is 0 Å². The summed E-state index contributed by atoms with van der Waals surface area (Å²) in [6.45, 7) is 7.83. The van der Waals surface area contributed by atoms with Gasteiger partial charge in [-0.05, 0) is 38.3 Å². The second kappa shape index (κ2) is 9.40. The predicted molar refractivity (Wildman–Crippen MR) is 98.5 cm³/mol. The molecule has 1 amide bonds. The van der Waals surface area contributed by atoms with Gasteiger partial charge in [-0.1, -0.05) is 29.8 Å². The van der Waals surface area contributed by atoms with E-state index in [-0.39, 0.29) is 5.91 Å². The lowest BCUT2D eigenvalue weighted by atomic mass is 10.1. The smallest absolute Gasteiger partial charge is 0.223 e. The molecule has 1 saturated heterocycles. The first-order valence-corrected chi connectivity index (χ1v) is 9.16. The first-order chi connectivity index (χ1) is 11.5. The van der Waals surface area contributed by atoms with Crippen molar-refractivity contribution in [1.82, 2.24) is 9.80 Å². The Kier molecular flexibility index (Phi) is 7.53. The van der Waals surface area contributed by atoms with Crippen LogP contribution in [0.15, 0.2) is 24.3 Å². The number of carbonyl (C=O) groups is 1. The van der Waals surface area contributed by atoms with Crippen molar-refractivity contribution in [1.29, 1.82) is 0 Å². The highest BCUT2D eigenvalue weighted by Gasteiger charge is 2.31. The van der Waals surface area contributed by atoms with Gasteiger partial charge in [0.2, 0.25) is 5.91 Å². The van der Waals surface area contributed by atoms with Crippen LogP contribution in [0, 0.1) is 0 Å². The van der Waals surface area contributed by atoms with Gasteiger partial charge in [-0.3, -0.25) is 9.69 Å². The van der Waals surface area contributed by atoms with E-state index in [9.17, 15) is 4.79 Å². The molecule has 5 heteroatoms. The molecule has 2 atom stereocenters. The molecule has 0 aromatic heterocycles. The van der Waals surface area contributed by atoms with E-state index in [4.69, 9.17) is 16.3 Å². The van der Waals surface area contributed by atoms with Crippen molar-refractivity contribution in [2.24, 2.45) is 0 Å². The zero-order valence-electron chi connectivity index (χ0n) is 15.0. The highest BCUT2D eigenvalue weighted by atomic mass is 35.5. The third-order valence-electron chi connectivity index (χ3n) is 4.79. The number of hydrogen-bond donors (Lipinski definition) is 0. The van der Waals surface area contributed by atoms with E-state index in [1.54, 1.807) is 7.11 Å².